The summed E-state index contributed by atoms with van der Waals surface area (Å²) in [6, 6.07) is 0.478. The lowest BCUT2D eigenvalue weighted by Crippen LogP contribution is -2.52. The maximum absolute atomic E-state index is 14.7. The maximum atomic E-state index is 14.7. The lowest BCUT2D eigenvalue weighted by atomic mass is 9.76. The first-order valence-corrected chi connectivity index (χ1v) is 12.9. The van der Waals surface area contributed by atoms with Gasteiger partial charge in [-0.25, -0.2) is 12.8 Å². The molecule has 1 heterocycles. The Balaban J connectivity index is 1.53. The average Bonchev–Trinajstić information content (AvgIpc) is 3.14. The molecule has 174 valence electrons. The van der Waals surface area contributed by atoms with Gasteiger partial charge >= 0.3 is 0 Å². The van der Waals surface area contributed by atoms with Crippen molar-refractivity contribution in [1.82, 2.24) is 25.8 Å². The number of halogens is 2. The SMILES string of the molecule is CNC1CCCC(CS(=O)(=O)NNC(=O)C2CC(C3CN(C)CN3)CC(Cl)C2F)C1. The van der Waals surface area contributed by atoms with E-state index in [0.717, 1.165) is 38.9 Å². The summed E-state index contributed by atoms with van der Waals surface area (Å²) >= 11 is 6.22. The number of carbonyl (C=O) groups is 1. The number of nitrogens with zero attached hydrogens (tertiary/aromatic N) is 1. The van der Waals surface area contributed by atoms with Crippen LogP contribution in [0.1, 0.15) is 38.5 Å². The first-order chi connectivity index (χ1) is 14.2. The van der Waals surface area contributed by atoms with E-state index >= 15 is 0 Å². The summed E-state index contributed by atoms with van der Waals surface area (Å²) in [5, 5.41) is 5.82. The first kappa shape index (κ1) is 24.1. The lowest BCUT2D eigenvalue weighted by molar-refractivity contribution is -0.129. The minimum Gasteiger partial charge on any atom is -0.317 e. The third kappa shape index (κ3) is 6.26. The van der Waals surface area contributed by atoms with Gasteiger partial charge in [0.2, 0.25) is 15.9 Å². The molecule has 3 rings (SSSR count). The van der Waals surface area contributed by atoms with Crippen LogP contribution < -0.4 is 20.9 Å². The Morgan fingerprint density at radius 3 is 2.70 bits per heavy atom. The number of likely N-dealkylation sites (N-methyl/N-ethyl adjacent to an activating group) is 1. The summed E-state index contributed by atoms with van der Waals surface area (Å²) in [5.41, 5.74) is 2.26. The van der Waals surface area contributed by atoms with E-state index in [-0.39, 0.29) is 23.6 Å². The molecule has 0 spiro atoms. The molecular weight excluding hydrogens is 433 g/mol. The van der Waals surface area contributed by atoms with Gasteiger partial charge in [0, 0.05) is 25.3 Å². The van der Waals surface area contributed by atoms with Crippen LogP contribution >= 0.6 is 11.6 Å². The minimum absolute atomic E-state index is 0.0382. The summed E-state index contributed by atoms with van der Waals surface area (Å²) in [4.78, 5) is 16.9. The maximum Gasteiger partial charge on any atom is 0.241 e. The number of carbonyl (C=O) groups excluding carboxylic acids is 1. The quantitative estimate of drug-likeness (QED) is 0.322. The highest BCUT2D eigenvalue weighted by molar-refractivity contribution is 7.89. The summed E-state index contributed by atoms with van der Waals surface area (Å²) in [7, 11) is 0.181. The zero-order valence-electron chi connectivity index (χ0n) is 17.7. The van der Waals surface area contributed by atoms with Crippen LogP contribution in [0.15, 0.2) is 0 Å². The van der Waals surface area contributed by atoms with E-state index in [1.165, 1.54) is 0 Å². The summed E-state index contributed by atoms with van der Waals surface area (Å²) in [6.45, 7) is 1.57. The predicted octanol–water partition coefficient (Wildman–Crippen LogP) is 0.548. The van der Waals surface area contributed by atoms with Crippen LogP contribution in [-0.2, 0) is 14.8 Å². The van der Waals surface area contributed by atoms with Gasteiger partial charge in [-0.15, -0.1) is 16.4 Å². The molecule has 3 aliphatic rings. The Labute approximate surface area is 184 Å². The van der Waals surface area contributed by atoms with Crippen molar-refractivity contribution in [3.8, 4) is 0 Å². The Hall–Kier alpha value is -0.520. The Bertz CT molecular complexity index is 700. The van der Waals surface area contributed by atoms with Crippen molar-refractivity contribution < 1.29 is 17.6 Å². The van der Waals surface area contributed by atoms with E-state index < -0.39 is 33.4 Å². The van der Waals surface area contributed by atoms with Crippen molar-refractivity contribution in [2.24, 2.45) is 17.8 Å². The van der Waals surface area contributed by atoms with E-state index in [1.54, 1.807) is 0 Å². The summed E-state index contributed by atoms with van der Waals surface area (Å²) in [6.07, 6.45) is 3.00. The highest BCUT2D eigenvalue weighted by Gasteiger charge is 2.44. The van der Waals surface area contributed by atoms with Crippen LogP contribution in [0.2, 0.25) is 0 Å². The molecular formula is C19H35ClFN5O3S. The highest BCUT2D eigenvalue weighted by Crippen LogP contribution is 2.37. The molecule has 0 bridgehead atoms. The van der Waals surface area contributed by atoms with Crippen molar-refractivity contribution in [3.05, 3.63) is 0 Å². The van der Waals surface area contributed by atoms with Crippen molar-refractivity contribution >= 4 is 27.5 Å². The van der Waals surface area contributed by atoms with Gasteiger partial charge in [0.15, 0.2) is 0 Å². The van der Waals surface area contributed by atoms with Gasteiger partial charge in [0.1, 0.15) is 6.17 Å². The average molecular weight is 468 g/mol. The normalized spacial score (nSPS) is 38.5. The number of nitrogens with one attached hydrogen (secondary N) is 4. The molecule has 11 heteroatoms. The molecule has 0 radical (unpaired) electrons. The number of hydrazine groups is 1. The van der Waals surface area contributed by atoms with Gasteiger partial charge in [-0.3, -0.25) is 20.4 Å². The second kappa shape index (κ2) is 10.4. The Kier molecular flexibility index (Phi) is 8.36. The number of sulfonamides is 1. The summed E-state index contributed by atoms with van der Waals surface area (Å²) in [5.74, 6) is -1.56. The molecule has 2 saturated carbocycles. The Morgan fingerprint density at radius 1 is 1.27 bits per heavy atom. The zero-order chi connectivity index (χ0) is 21.9. The zero-order valence-corrected chi connectivity index (χ0v) is 19.3. The van der Waals surface area contributed by atoms with Crippen LogP contribution in [0.4, 0.5) is 4.39 Å². The van der Waals surface area contributed by atoms with Gasteiger partial charge in [-0.1, -0.05) is 6.42 Å². The molecule has 30 heavy (non-hydrogen) atoms. The monoisotopic (exact) mass is 467 g/mol. The molecule has 0 aromatic rings. The fourth-order valence-electron chi connectivity index (χ4n) is 5.13. The van der Waals surface area contributed by atoms with E-state index in [4.69, 9.17) is 11.6 Å². The lowest BCUT2D eigenvalue weighted by Gasteiger charge is -2.37. The summed E-state index contributed by atoms with van der Waals surface area (Å²) < 4.78 is 39.6. The predicted molar refractivity (Wildman–Crippen MR) is 115 cm³/mol. The number of amides is 1. The molecule has 3 fully saturated rings. The Morgan fingerprint density at radius 2 is 2.03 bits per heavy atom. The van der Waals surface area contributed by atoms with E-state index in [0.29, 0.717) is 18.9 Å². The third-order valence-electron chi connectivity index (χ3n) is 6.83. The number of alkyl halides is 2. The van der Waals surface area contributed by atoms with Crippen LogP contribution in [0, 0.1) is 17.8 Å². The van der Waals surface area contributed by atoms with E-state index in [2.05, 4.69) is 25.8 Å². The molecule has 4 N–H and O–H groups in total. The molecule has 1 aliphatic heterocycles. The minimum atomic E-state index is -3.70. The fourth-order valence-corrected chi connectivity index (χ4v) is 6.80. The first-order valence-electron chi connectivity index (χ1n) is 10.8. The van der Waals surface area contributed by atoms with Crippen LogP contribution in [0.25, 0.3) is 0 Å². The smallest absolute Gasteiger partial charge is 0.241 e. The topological polar surface area (TPSA) is 103 Å². The molecule has 8 nitrogen and oxygen atoms in total. The van der Waals surface area contributed by atoms with E-state index in [1.807, 2.05) is 14.1 Å². The highest BCUT2D eigenvalue weighted by atomic mass is 35.5. The van der Waals surface area contributed by atoms with Crippen LogP contribution in [0.5, 0.6) is 0 Å². The fraction of sp³-hybridized carbons (Fsp3) is 0.947. The van der Waals surface area contributed by atoms with Crippen molar-refractivity contribution in [1.29, 1.82) is 0 Å². The van der Waals surface area contributed by atoms with Gasteiger partial charge in [0.25, 0.3) is 0 Å². The molecule has 0 aromatic heterocycles. The number of hydrogen-bond acceptors (Lipinski definition) is 6. The molecule has 1 amide bonds. The molecule has 7 atom stereocenters. The van der Waals surface area contributed by atoms with Gasteiger partial charge in [0.05, 0.1) is 17.0 Å². The van der Waals surface area contributed by atoms with Gasteiger partial charge in [-0.05, 0) is 58.0 Å². The molecule has 1 saturated heterocycles. The third-order valence-corrected chi connectivity index (χ3v) is 8.57. The van der Waals surface area contributed by atoms with E-state index in [9.17, 15) is 17.6 Å². The van der Waals surface area contributed by atoms with Crippen molar-refractivity contribution in [3.63, 3.8) is 0 Å². The van der Waals surface area contributed by atoms with Crippen molar-refractivity contribution in [2.75, 3.05) is 33.1 Å². The van der Waals surface area contributed by atoms with Crippen LogP contribution in [-0.4, -0.2) is 75.9 Å². The van der Waals surface area contributed by atoms with Crippen LogP contribution in [0.3, 0.4) is 0 Å². The molecule has 7 unspecified atom stereocenters. The number of rotatable bonds is 7. The largest absolute Gasteiger partial charge is 0.317 e. The standard InChI is InChI=1S/C19H35ClFN5O3S/c1-22-14-5-3-4-12(6-14)10-30(28,29)25-24-19(27)15-7-13(8-16(20)18(15)21)17-9-26(2)11-23-17/h12-18,22-23,25H,3-11H2,1-2H3,(H,24,27). The van der Waals surface area contributed by atoms with Crippen molar-refractivity contribution in [2.45, 2.75) is 62.2 Å². The van der Waals surface area contributed by atoms with Gasteiger partial charge in [-0.2, -0.15) is 0 Å². The second-order valence-corrected chi connectivity index (χ2v) is 11.5. The number of hydrogen-bond donors (Lipinski definition) is 4. The molecule has 0 aromatic carbocycles. The van der Waals surface area contributed by atoms with Gasteiger partial charge < -0.3 is 5.32 Å². The second-order valence-electron chi connectivity index (χ2n) is 9.20. The molecule has 2 aliphatic carbocycles.